The summed E-state index contributed by atoms with van der Waals surface area (Å²) in [6.07, 6.45) is 0. The largest absolute Gasteiger partial charge is 0.507 e. The first-order valence-electron chi connectivity index (χ1n) is 11.9. The van der Waals surface area contributed by atoms with Crippen LogP contribution in [0, 0.1) is 13.8 Å². The van der Waals surface area contributed by atoms with Crippen molar-refractivity contribution in [3.63, 3.8) is 0 Å². The number of benzene rings is 3. The van der Waals surface area contributed by atoms with E-state index in [1.54, 1.807) is 43.5 Å². The van der Waals surface area contributed by atoms with E-state index in [0.717, 1.165) is 11.1 Å². The van der Waals surface area contributed by atoms with Crippen molar-refractivity contribution in [1.82, 2.24) is 10.2 Å². The van der Waals surface area contributed by atoms with E-state index in [1.807, 2.05) is 26.0 Å². The molecule has 1 aliphatic rings. The lowest BCUT2D eigenvalue weighted by Gasteiger charge is -2.23. The molecule has 1 aliphatic heterocycles. The van der Waals surface area contributed by atoms with Crippen LogP contribution in [-0.2, 0) is 15.3 Å². The summed E-state index contributed by atoms with van der Waals surface area (Å²) in [6, 6.07) is 21.6. The standard InChI is InChI=1S/C29H25N3O4S2/c1-17-7-11-19(12-8-17)16-37-29-31-30-28(38-29)32-24(21-5-4-6-22(15-21)36-3)23(26(34)27(32)35)25(33)20-13-9-18(2)10-14-20/h4-15,24,33H,16H2,1-3H3/b25-23-. The summed E-state index contributed by atoms with van der Waals surface area (Å²) in [5.74, 6) is -0.523. The smallest absolute Gasteiger partial charge is 0.301 e. The van der Waals surface area contributed by atoms with Crippen molar-refractivity contribution in [3.05, 3.63) is 106 Å². The maximum atomic E-state index is 13.4. The molecule has 38 heavy (non-hydrogen) atoms. The van der Waals surface area contributed by atoms with E-state index < -0.39 is 17.7 Å². The first-order valence-corrected chi connectivity index (χ1v) is 13.7. The van der Waals surface area contributed by atoms with Crippen LogP contribution in [0.1, 0.15) is 33.9 Å². The van der Waals surface area contributed by atoms with Crippen LogP contribution in [0.2, 0.25) is 0 Å². The van der Waals surface area contributed by atoms with Crippen molar-refractivity contribution < 1.29 is 19.4 Å². The number of carbonyl (C=O) groups excluding carboxylic acids is 2. The third-order valence-electron chi connectivity index (χ3n) is 6.26. The highest BCUT2D eigenvalue weighted by Gasteiger charge is 2.48. The number of aryl methyl sites for hydroxylation is 2. The average molecular weight is 544 g/mol. The lowest BCUT2D eigenvalue weighted by Crippen LogP contribution is -2.29. The minimum atomic E-state index is -0.894. The van der Waals surface area contributed by atoms with Crippen molar-refractivity contribution in [2.45, 2.75) is 30.0 Å². The van der Waals surface area contributed by atoms with Gasteiger partial charge in [0.25, 0.3) is 5.78 Å². The van der Waals surface area contributed by atoms with Crippen LogP contribution in [0.25, 0.3) is 5.76 Å². The van der Waals surface area contributed by atoms with E-state index in [-0.39, 0.29) is 16.5 Å². The topological polar surface area (TPSA) is 92.6 Å². The second kappa shape index (κ2) is 10.8. The van der Waals surface area contributed by atoms with Gasteiger partial charge in [-0.3, -0.25) is 14.5 Å². The number of aromatic nitrogens is 2. The Hall–Kier alpha value is -3.95. The number of Topliss-reactive ketones (excluding diaryl/α,β-unsaturated/α-hetero) is 1. The number of amides is 1. The van der Waals surface area contributed by atoms with Crippen molar-refractivity contribution in [1.29, 1.82) is 0 Å². The summed E-state index contributed by atoms with van der Waals surface area (Å²) in [7, 11) is 1.55. The fourth-order valence-corrected chi connectivity index (χ4v) is 6.03. The average Bonchev–Trinajstić information content (AvgIpc) is 3.50. The first kappa shape index (κ1) is 25.7. The molecular formula is C29H25N3O4S2. The Morgan fingerprint density at radius 2 is 1.68 bits per heavy atom. The van der Waals surface area contributed by atoms with E-state index in [2.05, 4.69) is 34.5 Å². The quantitative estimate of drug-likeness (QED) is 0.0992. The molecule has 7 nitrogen and oxygen atoms in total. The second-order valence-electron chi connectivity index (χ2n) is 8.94. The summed E-state index contributed by atoms with van der Waals surface area (Å²) in [6.45, 7) is 3.98. The summed E-state index contributed by atoms with van der Waals surface area (Å²) < 4.78 is 6.06. The normalized spacial score (nSPS) is 16.7. The lowest BCUT2D eigenvalue weighted by atomic mass is 9.95. The number of hydrogen-bond donors (Lipinski definition) is 1. The second-order valence-corrected chi connectivity index (χ2v) is 11.1. The molecule has 192 valence electrons. The van der Waals surface area contributed by atoms with Gasteiger partial charge in [-0.25, -0.2) is 0 Å². The van der Waals surface area contributed by atoms with Crippen LogP contribution in [0.3, 0.4) is 0 Å². The van der Waals surface area contributed by atoms with Crippen LogP contribution in [0.5, 0.6) is 5.75 Å². The number of nitrogens with zero attached hydrogens (tertiary/aromatic N) is 3. The number of methoxy groups -OCH3 is 1. The maximum Gasteiger partial charge on any atom is 0.301 e. The SMILES string of the molecule is COc1cccc(C2/C(=C(/O)c3ccc(C)cc3)C(=O)C(=O)N2c2nnc(SCc3ccc(C)cc3)s2)c1. The van der Waals surface area contributed by atoms with Crippen molar-refractivity contribution in [2.75, 3.05) is 12.0 Å². The van der Waals surface area contributed by atoms with Crippen LogP contribution < -0.4 is 9.64 Å². The van der Waals surface area contributed by atoms with E-state index in [4.69, 9.17) is 4.74 Å². The van der Waals surface area contributed by atoms with Crippen LogP contribution in [-0.4, -0.2) is 34.1 Å². The van der Waals surface area contributed by atoms with Gasteiger partial charge in [0, 0.05) is 11.3 Å². The zero-order valence-corrected chi connectivity index (χ0v) is 22.7. The van der Waals surface area contributed by atoms with E-state index in [0.29, 0.717) is 27.0 Å². The van der Waals surface area contributed by atoms with E-state index >= 15 is 0 Å². The zero-order chi connectivity index (χ0) is 26.8. The molecule has 0 spiro atoms. The number of hydrogen-bond acceptors (Lipinski definition) is 8. The van der Waals surface area contributed by atoms with Gasteiger partial charge >= 0.3 is 5.91 Å². The molecule has 1 saturated heterocycles. The van der Waals surface area contributed by atoms with Crippen molar-refractivity contribution >= 4 is 45.7 Å². The van der Waals surface area contributed by atoms with Gasteiger partial charge in [0.1, 0.15) is 11.5 Å². The Kier molecular flexibility index (Phi) is 7.31. The Labute approximate surface area is 228 Å². The summed E-state index contributed by atoms with van der Waals surface area (Å²) in [5.41, 5.74) is 4.41. The summed E-state index contributed by atoms with van der Waals surface area (Å²) in [5, 5.41) is 20.1. The van der Waals surface area contributed by atoms with Crippen molar-refractivity contribution in [2.24, 2.45) is 0 Å². The maximum absolute atomic E-state index is 13.4. The molecule has 9 heteroatoms. The highest BCUT2D eigenvalue weighted by atomic mass is 32.2. The molecular weight excluding hydrogens is 518 g/mol. The fourth-order valence-electron chi connectivity index (χ4n) is 4.21. The highest BCUT2D eigenvalue weighted by Crippen LogP contribution is 2.44. The van der Waals surface area contributed by atoms with Gasteiger partial charge in [-0.2, -0.15) is 0 Å². The van der Waals surface area contributed by atoms with Crippen LogP contribution in [0.15, 0.2) is 82.7 Å². The Morgan fingerprint density at radius 1 is 1.00 bits per heavy atom. The monoisotopic (exact) mass is 543 g/mol. The van der Waals surface area contributed by atoms with E-state index in [9.17, 15) is 14.7 Å². The lowest BCUT2D eigenvalue weighted by molar-refractivity contribution is -0.132. The molecule has 0 bridgehead atoms. The molecule has 1 fully saturated rings. The number of carbonyl (C=O) groups is 2. The molecule has 3 aromatic carbocycles. The number of ketones is 1. The number of aliphatic hydroxyl groups is 1. The molecule has 1 aromatic heterocycles. The number of rotatable bonds is 7. The third kappa shape index (κ3) is 5.07. The molecule has 2 heterocycles. The first-order chi connectivity index (χ1) is 18.4. The Bertz CT molecular complexity index is 1530. The van der Waals surface area contributed by atoms with Gasteiger partial charge in [-0.15, -0.1) is 10.2 Å². The zero-order valence-electron chi connectivity index (χ0n) is 21.0. The molecule has 1 unspecified atom stereocenters. The highest BCUT2D eigenvalue weighted by molar-refractivity contribution is 8.00. The molecule has 1 amide bonds. The molecule has 1 atom stereocenters. The van der Waals surface area contributed by atoms with Gasteiger partial charge in [0.2, 0.25) is 5.13 Å². The molecule has 0 radical (unpaired) electrons. The molecule has 1 N–H and O–H groups in total. The summed E-state index contributed by atoms with van der Waals surface area (Å²) in [4.78, 5) is 28.1. The van der Waals surface area contributed by atoms with Gasteiger partial charge in [0.15, 0.2) is 4.34 Å². The minimum absolute atomic E-state index is 0.00355. The van der Waals surface area contributed by atoms with E-state index in [1.165, 1.54) is 33.6 Å². The number of anilines is 1. The predicted octanol–water partition coefficient (Wildman–Crippen LogP) is 6.08. The number of aliphatic hydroxyl groups excluding tert-OH is 1. The number of thioether (sulfide) groups is 1. The van der Waals surface area contributed by atoms with Gasteiger partial charge in [-0.1, -0.05) is 94.9 Å². The van der Waals surface area contributed by atoms with Crippen molar-refractivity contribution in [3.8, 4) is 5.75 Å². The van der Waals surface area contributed by atoms with Gasteiger partial charge in [-0.05, 0) is 37.1 Å². The Balaban J connectivity index is 1.54. The Morgan fingerprint density at radius 3 is 2.37 bits per heavy atom. The predicted molar refractivity (Wildman–Crippen MR) is 150 cm³/mol. The van der Waals surface area contributed by atoms with Gasteiger partial charge < -0.3 is 9.84 Å². The minimum Gasteiger partial charge on any atom is -0.507 e. The number of ether oxygens (including phenoxy) is 1. The molecule has 0 saturated carbocycles. The van der Waals surface area contributed by atoms with Crippen LogP contribution in [0.4, 0.5) is 5.13 Å². The molecule has 0 aliphatic carbocycles. The molecule has 5 rings (SSSR count). The third-order valence-corrected chi connectivity index (χ3v) is 8.39. The van der Waals surface area contributed by atoms with Crippen LogP contribution >= 0.6 is 23.1 Å². The van der Waals surface area contributed by atoms with Gasteiger partial charge in [0.05, 0.1) is 18.7 Å². The summed E-state index contributed by atoms with van der Waals surface area (Å²) >= 11 is 2.75. The fraction of sp³-hybridized carbons (Fsp3) is 0.172. The molecule has 4 aromatic rings.